The van der Waals surface area contributed by atoms with Crippen molar-refractivity contribution in [3.05, 3.63) is 46.7 Å². The summed E-state index contributed by atoms with van der Waals surface area (Å²) in [4.78, 5) is 21.8. The van der Waals surface area contributed by atoms with Crippen LogP contribution in [-0.2, 0) is 0 Å². The van der Waals surface area contributed by atoms with E-state index in [9.17, 15) is 14.3 Å². The van der Waals surface area contributed by atoms with Crippen molar-refractivity contribution in [2.45, 2.75) is 6.92 Å². The SMILES string of the molecule is [C-]#[N+]c1c(-c2ccc(O)cc2F)nc2n[nH]c(C)c2c1C(=O)N(C)C. The van der Waals surface area contributed by atoms with Crippen LogP contribution in [0.1, 0.15) is 16.1 Å². The van der Waals surface area contributed by atoms with Crippen LogP contribution in [0.15, 0.2) is 18.2 Å². The Bertz CT molecular complexity index is 1050. The Morgan fingerprint density at radius 2 is 2.12 bits per heavy atom. The van der Waals surface area contributed by atoms with E-state index in [1.807, 2.05) is 0 Å². The normalized spacial score (nSPS) is 10.7. The Hall–Kier alpha value is -3.47. The van der Waals surface area contributed by atoms with E-state index >= 15 is 0 Å². The molecule has 7 nitrogen and oxygen atoms in total. The molecule has 0 spiro atoms. The molecule has 0 radical (unpaired) electrons. The number of carbonyl (C=O) groups is 1. The molecule has 25 heavy (non-hydrogen) atoms. The predicted molar refractivity (Wildman–Crippen MR) is 90.0 cm³/mol. The van der Waals surface area contributed by atoms with Crippen LogP contribution in [0.5, 0.6) is 5.75 Å². The van der Waals surface area contributed by atoms with E-state index in [1.54, 1.807) is 21.0 Å². The van der Waals surface area contributed by atoms with Gasteiger partial charge >= 0.3 is 0 Å². The number of carbonyl (C=O) groups excluding carboxylic acids is 1. The fraction of sp³-hybridized carbons (Fsp3) is 0.176. The molecule has 0 saturated carbocycles. The summed E-state index contributed by atoms with van der Waals surface area (Å²) in [5.41, 5.74) is 0.905. The second kappa shape index (κ2) is 5.87. The minimum Gasteiger partial charge on any atom is -0.508 e. The number of halogens is 1. The van der Waals surface area contributed by atoms with Crippen LogP contribution in [0.4, 0.5) is 10.1 Å². The highest BCUT2D eigenvalue weighted by molar-refractivity contribution is 6.13. The number of fused-ring (bicyclic) bond motifs is 1. The summed E-state index contributed by atoms with van der Waals surface area (Å²) in [6.45, 7) is 9.25. The van der Waals surface area contributed by atoms with Gasteiger partial charge in [0, 0.05) is 36.8 Å². The predicted octanol–water partition coefficient (Wildman–Crippen LogP) is 3.03. The number of hydrogen-bond acceptors (Lipinski definition) is 4. The van der Waals surface area contributed by atoms with Gasteiger partial charge in [-0.2, -0.15) is 5.10 Å². The van der Waals surface area contributed by atoms with Crippen LogP contribution in [0.2, 0.25) is 0 Å². The van der Waals surface area contributed by atoms with E-state index in [-0.39, 0.29) is 33.9 Å². The van der Waals surface area contributed by atoms with E-state index in [1.165, 1.54) is 17.0 Å². The third-order valence-electron chi connectivity index (χ3n) is 3.80. The van der Waals surface area contributed by atoms with Crippen molar-refractivity contribution in [3.8, 4) is 17.0 Å². The molecule has 0 atom stereocenters. The zero-order valence-electron chi connectivity index (χ0n) is 13.8. The first-order chi connectivity index (χ1) is 11.8. The molecule has 0 unspecified atom stereocenters. The van der Waals surface area contributed by atoms with Crippen molar-refractivity contribution in [1.29, 1.82) is 0 Å². The first-order valence-electron chi connectivity index (χ1n) is 7.31. The molecule has 0 saturated heterocycles. The van der Waals surface area contributed by atoms with E-state index in [0.29, 0.717) is 11.1 Å². The lowest BCUT2D eigenvalue weighted by molar-refractivity contribution is 0.0830. The second-order valence-corrected chi connectivity index (χ2v) is 5.71. The van der Waals surface area contributed by atoms with E-state index < -0.39 is 11.7 Å². The molecule has 1 aromatic carbocycles. The molecule has 0 aliphatic rings. The van der Waals surface area contributed by atoms with Gasteiger partial charge in [-0.25, -0.2) is 14.2 Å². The van der Waals surface area contributed by atoms with Gasteiger partial charge in [0.05, 0.1) is 17.8 Å². The summed E-state index contributed by atoms with van der Waals surface area (Å²) in [5, 5.41) is 16.6. The Morgan fingerprint density at radius 1 is 1.40 bits per heavy atom. The number of benzene rings is 1. The first-order valence-corrected chi connectivity index (χ1v) is 7.31. The monoisotopic (exact) mass is 339 g/mol. The largest absolute Gasteiger partial charge is 0.508 e. The van der Waals surface area contributed by atoms with Gasteiger partial charge in [0.2, 0.25) is 11.6 Å². The maximum atomic E-state index is 14.3. The summed E-state index contributed by atoms with van der Waals surface area (Å²) < 4.78 is 14.3. The summed E-state index contributed by atoms with van der Waals surface area (Å²) in [6.07, 6.45) is 0. The highest BCUT2D eigenvalue weighted by atomic mass is 19.1. The molecule has 0 bridgehead atoms. The Kier molecular flexibility index (Phi) is 3.85. The van der Waals surface area contributed by atoms with E-state index in [0.717, 1.165) is 6.07 Å². The molecule has 2 heterocycles. The first kappa shape index (κ1) is 16.4. The van der Waals surface area contributed by atoms with Gasteiger partial charge in [-0.1, -0.05) is 0 Å². The highest BCUT2D eigenvalue weighted by Gasteiger charge is 2.26. The highest BCUT2D eigenvalue weighted by Crippen LogP contribution is 2.39. The number of aromatic amines is 1. The van der Waals surface area contributed by atoms with Gasteiger partial charge in [0.15, 0.2) is 5.65 Å². The molecule has 3 aromatic rings. The summed E-state index contributed by atoms with van der Waals surface area (Å²) in [5.74, 6) is -1.39. The number of pyridine rings is 1. The molecule has 1 amide bonds. The quantitative estimate of drug-likeness (QED) is 0.703. The molecular formula is C17H14FN5O2. The van der Waals surface area contributed by atoms with Crippen molar-refractivity contribution in [2.24, 2.45) is 0 Å². The van der Waals surface area contributed by atoms with Crippen molar-refractivity contribution in [3.63, 3.8) is 0 Å². The van der Waals surface area contributed by atoms with Crippen LogP contribution in [0.3, 0.4) is 0 Å². The van der Waals surface area contributed by atoms with Gasteiger partial charge < -0.3 is 10.0 Å². The van der Waals surface area contributed by atoms with Crippen molar-refractivity contribution in [1.82, 2.24) is 20.1 Å². The third-order valence-corrected chi connectivity index (χ3v) is 3.80. The maximum absolute atomic E-state index is 14.3. The number of nitrogens with one attached hydrogen (secondary N) is 1. The van der Waals surface area contributed by atoms with E-state index in [2.05, 4.69) is 20.0 Å². The lowest BCUT2D eigenvalue weighted by Gasteiger charge is -2.15. The second-order valence-electron chi connectivity index (χ2n) is 5.71. The smallest absolute Gasteiger partial charge is 0.243 e. The molecule has 2 aromatic heterocycles. The number of H-pyrrole nitrogens is 1. The zero-order chi connectivity index (χ0) is 18.3. The Morgan fingerprint density at radius 3 is 2.72 bits per heavy atom. The topological polar surface area (TPSA) is 86.5 Å². The third kappa shape index (κ3) is 2.55. The fourth-order valence-corrected chi connectivity index (χ4v) is 2.62. The average Bonchev–Trinajstić information content (AvgIpc) is 2.93. The van der Waals surface area contributed by atoms with Crippen LogP contribution < -0.4 is 0 Å². The Balaban J connectivity index is 2.46. The van der Waals surface area contributed by atoms with Crippen LogP contribution >= 0.6 is 0 Å². The molecular weight excluding hydrogens is 325 g/mol. The van der Waals surface area contributed by atoms with Gasteiger partial charge in [-0.3, -0.25) is 9.89 Å². The maximum Gasteiger partial charge on any atom is 0.243 e. The number of amides is 1. The molecule has 2 N–H and O–H groups in total. The number of hydrogen-bond donors (Lipinski definition) is 2. The number of aryl methyl sites for hydroxylation is 1. The summed E-state index contributed by atoms with van der Waals surface area (Å²) in [7, 11) is 3.14. The molecule has 126 valence electrons. The molecule has 0 fully saturated rings. The lowest BCUT2D eigenvalue weighted by Crippen LogP contribution is -2.22. The number of phenolic OH excluding ortho intramolecular Hbond substituents is 1. The van der Waals surface area contributed by atoms with E-state index in [4.69, 9.17) is 6.57 Å². The zero-order valence-corrected chi connectivity index (χ0v) is 13.8. The van der Waals surface area contributed by atoms with Crippen molar-refractivity contribution in [2.75, 3.05) is 14.1 Å². The minimum absolute atomic E-state index is 0.0108. The van der Waals surface area contributed by atoms with Crippen molar-refractivity contribution >= 4 is 22.6 Å². The summed E-state index contributed by atoms with van der Waals surface area (Å²) in [6, 6.07) is 3.54. The number of aromatic hydroxyl groups is 1. The van der Waals surface area contributed by atoms with Crippen LogP contribution in [0.25, 0.3) is 27.1 Å². The van der Waals surface area contributed by atoms with Crippen LogP contribution in [0, 0.1) is 19.3 Å². The lowest BCUT2D eigenvalue weighted by atomic mass is 10.0. The summed E-state index contributed by atoms with van der Waals surface area (Å²) >= 11 is 0. The van der Waals surface area contributed by atoms with Gasteiger partial charge in [0.25, 0.3) is 0 Å². The van der Waals surface area contributed by atoms with Gasteiger partial charge in [0.1, 0.15) is 11.6 Å². The standard InChI is InChI=1S/C17H14FN5O2/c1-8-12-13(17(25)23(3)4)15(19-2)14(20-16(12)22-21-8)10-6-5-9(24)7-11(10)18/h5-7,24H,1,3-4H3,(H,20,21,22). The average molecular weight is 339 g/mol. The van der Waals surface area contributed by atoms with Crippen LogP contribution in [-0.4, -0.2) is 45.2 Å². The molecule has 3 rings (SSSR count). The van der Waals surface area contributed by atoms with Gasteiger partial charge in [-0.05, 0) is 19.1 Å². The number of phenols is 1. The number of aromatic nitrogens is 3. The Labute approximate surface area is 142 Å². The van der Waals surface area contributed by atoms with Crippen molar-refractivity contribution < 1.29 is 14.3 Å². The number of nitrogens with zero attached hydrogens (tertiary/aromatic N) is 4. The fourth-order valence-electron chi connectivity index (χ4n) is 2.62. The molecule has 0 aliphatic heterocycles. The van der Waals surface area contributed by atoms with Gasteiger partial charge in [-0.15, -0.1) is 0 Å². The molecule has 0 aliphatic carbocycles. The minimum atomic E-state index is -0.743. The molecule has 8 heteroatoms. The number of rotatable bonds is 2.